The normalized spacial score (nSPS) is 11.1. The fraction of sp³-hybridized carbons (Fsp3) is 0.300. The molecule has 0 heterocycles. The molecule has 1 N–H and O–H groups in total. The number of nitrogens with one attached hydrogen (secondary N) is 1. The third-order valence-corrected chi connectivity index (χ3v) is 4.00. The summed E-state index contributed by atoms with van der Waals surface area (Å²) in [7, 11) is 0. The van der Waals surface area contributed by atoms with E-state index in [1.165, 1.54) is 24.6 Å². The van der Waals surface area contributed by atoms with Crippen LogP contribution in [0.15, 0.2) is 54.6 Å². The lowest BCUT2D eigenvalue weighted by molar-refractivity contribution is -0.137. The minimum Gasteiger partial charge on any atom is -0.355 e. The number of benzene rings is 2. The van der Waals surface area contributed by atoms with Gasteiger partial charge in [0.1, 0.15) is 6.54 Å². The van der Waals surface area contributed by atoms with Crippen LogP contribution in [0.25, 0.3) is 0 Å². The van der Waals surface area contributed by atoms with Gasteiger partial charge in [-0.2, -0.15) is 13.2 Å². The maximum atomic E-state index is 12.6. The van der Waals surface area contributed by atoms with Crippen molar-refractivity contribution in [2.75, 3.05) is 18.0 Å². The standard InChI is InChI=1S/C20H21F3N2O2/c1-15(26)25(18-11-9-17(10-12-18)20(21,22)23)14-19(27)24-13-5-8-16-6-3-2-4-7-16/h2-4,6-7,9-12H,5,8,13-14H2,1H3,(H,24,27). The van der Waals surface area contributed by atoms with Gasteiger partial charge in [-0.3, -0.25) is 9.59 Å². The molecule has 0 aromatic heterocycles. The van der Waals surface area contributed by atoms with Crippen molar-refractivity contribution in [3.63, 3.8) is 0 Å². The number of carbonyl (C=O) groups is 2. The van der Waals surface area contributed by atoms with Gasteiger partial charge in [-0.25, -0.2) is 0 Å². The van der Waals surface area contributed by atoms with Crippen molar-refractivity contribution in [3.8, 4) is 0 Å². The van der Waals surface area contributed by atoms with Crippen LogP contribution in [0.1, 0.15) is 24.5 Å². The van der Waals surface area contributed by atoms with Gasteiger partial charge in [0, 0.05) is 19.2 Å². The second-order valence-electron chi connectivity index (χ2n) is 6.09. The minimum atomic E-state index is -4.45. The second kappa shape index (κ2) is 9.21. The van der Waals surface area contributed by atoms with E-state index in [-0.39, 0.29) is 18.1 Å². The van der Waals surface area contributed by atoms with Gasteiger partial charge in [0.15, 0.2) is 0 Å². The molecule has 7 heteroatoms. The van der Waals surface area contributed by atoms with Crippen LogP contribution in [0.5, 0.6) is 0 Å². The molecule has 0 radical (unpaired) electrons. The van der Waals surface area contributed by atoms with Crippen molar-refractivity contribution < 1.29 is 22.8 Å². The number of aryl methyl sites for hydroxylation is 1. The molecule has 2 aromatic carbocycles. The number of halogens is 3. The van der Waals surface area contributed by atoms with Crippen molar-refractivity contribution in [2.24, 2.45) is 0 Å². The van der Waals surface area contributed by atoms with Crippen LogP contribution in [0.2, 0.25) is 0 Å². The van der Waals surface area contributed by atoms with E-state index in [2.05, 4.69) is 5.32 Å². The number of hydrogen-bond donors (Lipinski definition) is 1. The van der Waals surface area contributed by atoms with Crippen LogP contribution in [0, 0.1) is 0 Å². The van der Waals surface area contributed by atoms with Gasteiger partial charge < -0.3 is 10.2 Å². The first-order valence-corrected chi connectivity index (χ1v) is 8.53. The van der Waals surface area contributed by atoms with Crippen LogP contribution in [-0.4, -0.2) is 24.9 Å². The largest absolute Gasteiger partial charge is 0.416 e. The molecule has 0 fully saturated rings. The number of carbonyl (C=O) groups excluding carboxylic acids is 2. The number of nitrogens with zero attached hydrogens (tertiary/aromatic N) is 1. The maximum absolute atomic E-state index is 12.6. The highest BCUT2D eigenvalue weighted by Gasteiger charge is 2.30. The zero-order valence-electron chi connectivity index (χ0n) is 14.9. The third kappa shape index (κ3) is 6.44. The van der Waals surface area contributed by atoms with E-state index in [0.29, 0.717) is 6.54 Å². The summed E-state index contributed by atoms with van der Waals surface area (Å²) in [4.78, 5) is 25.0. The van der Waals surface area contributed by atoms with E-state index >= 15 is 0 Å². The summed E-state index contributed by atoms with van der Waals surface area (Å²) in [5.74, 6) is -0.785. The molecule has 0 saturated carbocycles. The fourth-order valence-electron chi connectivity index (χ4n) is 2.58. The van der Waals surface area contributed by atoms with Gasteiger partial charge in [0.05, 0.1) is 5.56 Å². The summed E-state index contributed by atoms with van der Waals surface area (Å²) in [5, 5.41) is 2.73. The Morgan fingerprint density at radius 2 is 1.63 bits per heavy atom. The second-order valence-corrected chi connectivity index (χ2v) is 6.09. The van der Waals surface area contributed by atoms with E-state index in [9.17, 15) is 22.8 Å². The molecule has 144 valence electrons. The lowest BCUT2D eigenvalue weighted by Gasteiger charge is -2.21. The number of rotatable bonds is 7. The Labute approximate surface area is 156 Å². The Bertz CT molecular complexity index is 759. The molecule has 0 aliphatic rings. The highest BCUT2D eigenvalue weighted by atomic mass is 19.4. The lowest BCUT2D eigenvalue weighted by Crippen LogP contribution is -2.40. The highest BCUT2D eigenvalue weighted by molar-refractivity contribution is 5.97. The smallest absolute Gasteiger partial charge is 0.355 e. The van der Waals surface area contributed by atoms with Crippen molar-refractivity contribution in [1.82, 2.24) is 5.32 Å². The Kier molecular flexibility index (Phi) is 6.98. The summed E-state index contributed by atoms with van der Waals surface area (Å²) in [6.07, 6.45) is -2.89. The maximum Gasteiger partial charge on any atom is 0.416 e. The van der Waals surface area contributed by atoms with Gasteiger partial charge in [0.25, 0.3) is 0 Å². The fourth-order valence-corrected chi connectivity index (χ4v) is 2.58. The summed E-state index contributed by atoms with van der Waals surface area (Å²) >= 11 is 0. The molecule has 2 amide bonds. The Morgan fingerprint density at radius 1 is 1.00 bits per heavy atom. The number of alkyl halides is 3. The molecule has 0 atom stereocenters. The van der Waals surface area contributed by atoms with Crippen molar-refractivity contribution in [2.45, 2.75) is 25.9 Å². The first-order chi connectivity index (χ1) is 12.8. The monoisotopic (exact) mass is 378 g/mol. The zero-order chi connectivity index (χ0) is 19.9. The first-order valence-electron chi connectivity index (χ1n) is 8.53. The third-order valence-electron chi connectivity index (χ3n) is 4.00. The average Bonchev–Trinajstić information content (AvgIpc) is 2.63. The number of amides is 2. The van der Waals surface area contributed by atoms with E-state index in [1.807, 2.05) is 30.3 Å². The minimum absolute atomic E-state index is 0.244. The predicted molar refractivity (Wildman–Crippen MR) is 97.2 cm³/mol. The van der Waals surface area contributed by atoms with Gasteiger partial charge in [-0.05, 0) is 42.7 Å². The van der Waals surface area contributed by atoms with Crippen LogP contribution in [0.3, 0.4) is 0 Å². The molecule has 4 nitrogen and oxygen atoms in total. The van der Waals surface area contributed by atoms with E-state index in [1.54, 1.807) is 0 Å². The highest BCUT2D eigenvalue weighted by Crippen LogP contribution is 2.30. The Balaban J connectivity index is 1.87. The molecular formula is C20H21F3N2O2. The molecule has 2 aromatic rings. The van der Waals surface area contributed by atoms with Crippen LogP contribution in [-0.2, 0) is 22.2 Å². The predicted octanol–water partition coefficient (Wildman–Crippen LogP) is 3.81. The summed E-state index contributed by atoms with van der Waals surface area (Å²) in [6, 6.07) is 14.0. The zero-order valence-corrected chi connectivity index (χ0v) is 14.9. The molecular weight excluding hydrogens is 357 g/mol. The van der Waals surface area contributed by atoms with E-state index in [4.69, 9.17) is 0 Å². The molecule has 0 unspecified atom stereocenters. The topological polar surface area (TPSA) is 49.4 Å². The molecule has 0 spiro atoms. The quantitative estimate of drug-likeness (QED) is 0.745. The van der Waals surface area contributed by atoms with Crippen LogP contribution < -0.4 is 10.2 Å². The molecule has 2 rings (SSSR count). The van der Waals surface area contributed by atoms with Crippen molar-refractivity contribution in [1.29, 1.82) is 0 Å². The van der Waals surface area contributed by atoms with Crippen LogP contribution >= 0.6 is 0 Å². The van der Waals surface area contributed by atoms with E-state index in [0.717, 1.165) is 29.9 Å². The number of anilines is 1. The SMILES string of the molecule is CC(=O)N(CC(=O)NCCCc1ccccc1)c1ccc(C(F)(F)F)cc1. The summed E-state index contributed by atoms with van der Waals surface area (Å²) in [6.45, 7) is 1.47. The molecule has 0 aliphatic carbocycles. The summed E-state index contributed by atoms with van der Waals surface area (Å²) < 4.78 is 37.9. The van der Waals surface area contributed by atoms with Crippen LogP contribution in [0.4, 0.5) is 18.9 Å². The van der Waals surface area contributed by atoms with Crippen molar-refractivity contribution in [3.05, 3.63) is 65.7 Å². The molecule has 27 heavy (non-hydrogen) atoms. The van der Waals surface area contributed by atoms with Crippen molar-refractivity contribution >= 4 is 17.5 Å². The molecule has 0 aliphatic heterocycles. The first kappa shape index (κ1) is 20.5. The lowest BCUT2D eigenvalue weighted by atomic mass is 10.1. The van der Waals surface area contributed by atoms with E-state index < -0.39 is 17.6 Å². The van der Waals surface area contributed by atoms with Gasteiger partial charge in [-0.15, -0.1) is 0 Å². The molecule has 0 saturated heterocycles. The molecule has 0 bridgehead atoms. The number of hydrogen-bond acceptors (Lipinski definition) is 2. The van der Waals surface area contributed by atoms with Gasteiger partial charge in [-0.1, -0.05) is 30.3 Å². The van der Waals surface area contributed by atoms with Gasteiger partial charge >= 0.3 is 6.18 Å². The summed E-state index contributed by atoms with van der Waals surface area (Å²) in [5.41, 5.74) is 0.608. The average molecular weight is 378 g/mol. The Morgan fingerprint density at radius 3 is 2.19 bits per heavy atom. The van der Waals surface area contributed by atoms with Gasteiger partial charge in [0.2, 0.25) is 11.8 Å². The Hall–Kier alpha value is -2.83.